The molecule has 148 valence electrons. The molecule has 1 saturated heterocycles. The highest BCUT2D eigenvalue weighted by atomic mass is 16.5. The van der Waals surface area contributed by atoms with Gasteiger partial charge in [-0.3, -0.25) is 9.69 Å². The van der Waals surface area contributed by atoms with Crippen molar-refractivity contribution in [3.8, 4) is 11.4 Å². The van der Waals surface area contributed by atoms with Gasteiger partial charge < -0.3 is 9.84 Å². The molecule has 3 amide bonds. The van der Waals surface area contributed by atoms with Crippen molar-refractivity contribution in [2.24, 2.45) is 0 Å². The van der Waals surface area contributed by atoms with E-state index in [2.05, 4.69) is 15.5 Å². The third kappa shape index (κ3) is 2.91. The van der Waals surface area contributed by atoms with Gasteiger partial charge in [0.05, 0.1) is 0 Å². The molecule has 1 aliphatic rings. The van der Waals surface area contributed by atoms with Crippen LogP contribution < -0.4 is 5.32 Å². The fraction of sp³-hybridized carbons (Fsp3) is 0.130. The lowest BCUT2D eigenvalue weighted by atomic mass is 9.90. The number of aromatic nitrogens is 2. The number of nitrogens with zero attached hydrogens (tertiary/aromatic N) is 3. The Morgan fingerprint density at radius 1 is 0.967 bits per heavy atom. The van der Waals surface area contributed by atoms with E-state index in [0.29, 0.717) is 5.82 Å². The number of carbonyl (C=O) groups is 2. The molecular formula is C23H18N4O3. The number of benzene rings is 3. The summed E-state index contributed by atoms with van der Waals surface area (Å²) in [4.78, 5) is 31.3. The Balaban J connectivity index is 1.42. The summed E-state index contributed by atoms with van der Waals surface area (Å²) in [7, 11) is 0. The molecule has 0 spiro atoms. The van der Waals surface area contributed by atoms with Crippen LogP contribution in [0, 0.1) is 0 Å². The third-order valence-corrected chi connectivity index (χ3v) is 5.40. The van der Waals surface area contributed by atoms with Crippen LogP contribution in [0.2, 0.25) is 0 Å². The van der Waals surface area contributed by atoms with Gasteiger partial charge in [-0.05, 0) is 29.3 Å². The highest BCUT2D eigenvalue weighted by Gasteiger charge is 2.49. The minimum absolute atomic E-state index is 0.0896. The van der Waals surface area contributed by atoms with Crippen molar-refractivity contribution in [1.29, 1.82) is 0 Å². The van der Waals surface area contributed by atoms with Gasteiger partial charge in [0.2, 0.25) is 11.7 Å². The van der Waals surface area contributed by atoms with E-state index >= 15 is 0 Å². The molecule has 1 N–H and O–H groups in total. The van der Waals surface area contributed by atoms with Crippen molar-refractivity contribution in [1.82, 2.24) is 20.4 Å². The summed E-state index contributed by atoms with van der Waals surface area (Å²) in [5.74, 6) is 0.248. The topological polar surface area (TPSA) is 88.3 Å². The van der Waals surface area contributed by atoms with Crippen LogP contribution in [0.25, 0.3) is 22.2 Å². The number of nitrogens with one attached hydrogen (secondary N) is 1. The van der Waals surface area contributed by atoms with Crippen molar-refractivity contribution >= 4 is 22.7 Å². The zero-order chi connectivity index (χ0) is 20.7. The van der Waals surface area contributed by atoms with E-state index in [9.17, 15) is 9.59 Å². The van der Waals surface area contributed by atoms with Crippen LogP contribution in [-0.2, 0) is 16.9 Å². The molecule has 1 aromatic heterocycles. The molecule has 1 fully saturated rings. The summed E-state index contributed by atoms with van der Waals surface area (Å²) in [6.45, 7) is 1.62. The first kappa shape index (κ1) is 18.1. The number of fused-ring (bicyclic) bond motifs is 1. The Morgan fingerprint density at radius 2 is 1.70 bits per heavy atom. The third-order valence-electron chi connectivity index (χ3n) is 5.40. The molecule has 0 saturated carbocycles. The van der Waals surface area contributed by atoms with Gasteiger partial charge in [-0.15, -0.1) is 0 Å². The van der Waals surface area contributed by atoms with Crippen LogP contribution >= 0.6 is 0 Å². The fourth-order valence-corrected chi connectivity index (χ4v) is 3.70. The molecule has 7 heteroatoms. The summed E-state index contributed by atoms with van der Waals surface area (Å²) < 4.78 is 5.27. The Kier molecular flexibility index (Phi) is 4.10. The maximum absolute atomic E-state index is 13.2. The highest BCUT2D eigenvalue weighted by molar-refractivity contribution is 6.07. The van der Waals surface area contributed by atoms with Crippen LogP contribution in [-0.4, -0.2) is 27.0 Å². The van der Waals surface area contributed by atoms with E-state index in [1.165, 1.54) is 0 Å². The van der Waals surface area contributed by atoms with Gasteiger partial charge in [-0.1, -0.05) is 71.9 Å². The normalized spacial score (nSPS) is 18.8. The first-order chi connectivity index (χ1) is 14.5. The molecule has 0 bridgehead atoms. The van der Waals surface area contributed by atoms with Crippen LogP contribution in [0.4, 0.5) is 4.79 Å². The predicted molar refractivity (Wildman–Crippen MR) is 110 cm³/mol. The monoisotopic (exact) mass is 398 g/mol. The van der Waals surface area contributed by atoms with E-state index in [1.807, 2.05) is 72.8 Å². The first-order valence-corrected chi connectivity index (χ1v) is 9.56. The number of imide groups is 1. The summed E-state index contributed by atoms with van der Waals surface area (Å²) >= 11 is 0. The van der Waals surface area contributed by atoms with Crippen LogP contribution in [0.5, 0.6) is 0 Å². The zero-order valence-corrected chi connectivity index (χ0v) is 16.2. The predicted octanol–water partition coefficient (Wildman–Crippen LogP) is 3.86. The van der Waals surface area contributed by atoms with E-state index in [-0.39, 0.29) is 18.3 Å². The maximum Gasteiger partial charge on any atom is 0.325 e. The van der Waals surface area contributed by atoms with Gasteiger partial charge in [0.15, 0.2) is 0 Å². The average Bonchev–Trinajstić information content (AvgIpc) is 3.33. The van der Waals surface area contributed by atoms with Gasteiger partial charge in [0, 0.05) is 5.56 Å². The van der Waals surface area contributed by atoms with Crippen molar-refractivity contribution < 1.29 is 14.1 Å². The van der Waals surface area contributed by atoms with E-state index in [1.54, 1.807) is 6.92 Å². The van der Waals surface area contributed by atoms with Crippen LogP contribution in [0.1, 0.15) is 18.4 Å². The van der Waals surface area contributed by atoms with Gasteiger partial charge in [0.25, 0.3) is 5.91 Å². The van der Waals surface area contributed by atoms with Crippen LogP contribution in [0.3, 0.4) is 0 Å². The molecule has 3 aromatic carbocycles. The van der Waals surface area contributed by atoms with E-state index in [0.717, 1.165) is 26.8 Å². The molecule has 1 atom stereocenters. The summed E-state index contributed by atoms with van der Waals surface area (Å²) in [5.41, 5.74) is 0.354. The minimum Gasteiger partial charge on any atom is -0.337 e. The van der Waals surface area contributed by atoms with E-state index in [4.69, 9.17) is 4.52 Å². The molecule has 30 heavy (non-hydrogen) atoms. The van der Waals surface area contributed by atoms with E-state index < -0.39 is 11.6 Å². The number of rotatable bonds is 4. The van der Waals surface area contributed by atoms with Crippen molar-refractivity contribution in [3.05, 3.63) is 84.3 Å². The summed E-state index contributed by atoms with van der Waals surface area (Å²) in [5, 5.41) is 8.84. The highest BCUT2D eigenvalue weighted by Crippen LogP contribution is 2.31. The SMILES string of the molecule is C[C@@]1(c2ccc3ccccc3c2)NC(=O)N(Cc2nc(-c3ccccc3)no2)C1=O. The Labute approximate surface area is 172 Å². The number of hydrogen-bond donors (Lipinski definition) is 1. The molecule has 5 rings (SSSR count). The molecule has 0 unspecified atom stereocenters. The maximum atomic E-state index is 13.2. The number of urea groups is 1. The molecule has 2 heterocycles. The first-order valence-electron chi connectivity index (χ1n) is 9.56. The average molecular weight is 398 g/mol. The second-order valence-electron chi connectivity index (χ2n) is 7.39. The van der Waals surface area contributed by atoms with Crippen molar-refractivity contribution in [2.45, 2.75) is 19.0 Å². The quantitative estimate of drug-likeness (QED) is 0.528. The summed E-state index contributed by atoms with van der Waals surface area (Å²) in [6.07, 6.45) is 0. The fourth-order valence-electron chi connectivity index (χ4n) is 3.70. The second kappa shape index (κ2) is 6.81. The largest absolute Gasteiger partial charge is 0.337 e. The minimum atomic E-state index is -1.16. The molecule has 0 aliphatic carbocycles. The number of carbonyl (C=O) groups excluding carboxylic acids is 2. The molecule has 1 aliphatic heterocycles. The van der Waals surface area contributed by atoms with Crippen molar-refractivity contribution in [2.75, 3.05) is 0 Å². The smallest absolute Gasteiger partial charge is 0.325 e. The lowest BCUT2D eigenvalue weighted by molar-refractivity contribution is -0.131. The lowest BCUT2D eigenvalue weighted by Crippen LogP contribution is -2.40. The molecule has 7 nitrogen and oxygen atoms in total. The zero-order valence-electron chi connectivity index (χ0n) is 16.2. The number of hydrogen-bond acceptors (Lipinski definition) is 5. The summed E-state index contributed by atoms with van der Waals surface area (Å²) in [6, 6.07) is 22.5. The Hall–Kier alpha value is -4.00. The molecule has 0 radical (unpaired) electrons. The van der Waals surface area contributed by atoms with Crippen molar-refractivity contribution in [3.63, 3.8) is 0 Å². The van der Waals surface area contributed by atoms with Gasteiger partial charge in [-0.25, -0.2) is 4.79 Å². The van der Waals surface area contributed by atoms with Gasteiger partial charge >= 0.3 is 6.03 Å². The Morgan fingerprint density at radius 3 is 2.50 bits per heavy atom. The molecular weight excluding hydrogens is 380 g/mol. The van der Waals surface area contributed by atoms with Gasteiger partial charge in [-0.2, -0.15) is 4.98 Å². The second-order valence-corrected chi connectivity index (χ2v) is 7.39. The van der Waals surface area contributed by atoms with Crippen LogP contribution in [0.15, 0.2) is 77.3 Å². The lowest BCUT2D eigenvalue weighted by Gasteiger charge is -2.22. The molecule has 4 aromatic rings. The Bertz CT molecular complexity index is 1270. The van der Waals surface area contributed by atoms with Gasteiger partial charge in [0.1, 0.15) is 12.1 Å². The number of amides is 3. The standard InChI is InChI=1S/C23H18N4O3/c1-23(18-12-11-15-7-5-6-10-17(15)13-18)21(28)27(22(29)25-23)14-19-24-20(26-30-19)16-8-3-2-4-9-16/h2-13H,14H2,1H3,(H,25,29)/t23-/m0/s1.